The average molecular weight is 269 g/mol. The molecule has 0 fully saturated rings. The van der Waals surface area contributed by atoms with E-state index in [0.29, 0.717) is 0 Å². The van der Waals surface area contributed by atoms with Crippen LogP contribution < -0.4 is 5.73 Å². The van der Waals surface area contributed by atoms with Gasteiger partial charge in [-0.05, 0) is 48.7 Å². The Labute approximate surface area is 121 Å². The van der Waals surface area contributed by atoms with Gasteiger partial charge >= 0.3 is 0 Å². The molecule has 0 radical (unpaired) electrons. The highest BCUT2D eigenvalue weighted by atomic mass is 15.1. The number of aryl methyl sites for hydroxylation is 1. The summed E-state index contributed by atoms with van der Waals surface area (Å²) in [5.74, 6) is 0. The van der Waals surface area contributed by atoms with E-state index in [4.69, 9.17) is 5.73 Å². The van der Waals surface area contributed by atoms with Crippen molar-refractivity contribution in [3.8, 4) is 0 Å². The van der Waals surface area contributed by atoms with Crippen LogP contribution in [-0.2, 0) is 13.1 Å². The van der Waals surface area contributed by atoms with Crippen LogP contribution in [-0.4, -0.2) is 16.4 Å². The first-order valence-corrected chi connectivity index (χ1v) is 7.14. The molecule has 0 aliphatic rings. The van der Waals surface area contributed by atoms with Crippen LogP contribution in [0.3, 0.4) is 0 Å². The van der Waals surface area contributed by atoms with E-state index in [0.717, 1.165) is 31.7 Å². The summed E-state index contributed by atoms with van der Waals surface area (Å²) in [7, 11) is 0. The van der Waals surface area contributed by atoms with Gasteiger partial charge in [-0.3, -0.25) is 9.88 Å². The second-order valence-electron chi connectivity index (χ2n) is 5.32. The van der Waals surface area contributed by atoms with Crippen LogP contribution in [0.5, 0.6) is 0 Å². The summed E-state index contributed by atoms with van der Waals surface area (Å²) in [6, 6.07) is 10.3. The van der Waals surface area contributed by atoms with E-state index in [9.17, 15) is 0 Å². The van der Waals surface area contributed by atoms with Crippen molar-refractivity contribution < 1.29 is 0 Å². The van der Waals surface area contributed by atoms with E-state index < -0.39 is 0 Å². The fourth-order valence-corrected chi connectivity index (χ4v) is 2.37. The number of pyridine rings is 1. The standard InChI is InChI=1S/C17H23N3/c1-3-8-20(12-15-4-6-17(18)7-5-15)13-16-9-14(2)10-19-11-16/h4-7,9-11H,3,8,12-13,18H2,1-2H3. The van der Waals surface area contributed by atoms with Gasteiger partial charge in [0.1, 0.15) is 0 Å². The summed E-state index contributed by atoms with van der Waals surface area (Å²) in [5, 5.41) is 0. The number of nitrogen functional groups attached to an aromatic ring is 1. The van der Waals surface area contributed by atoms with Crippen molar-refractivity contribution in [3.63, 3.8) is 0 Å². The first-order valence-electron chi connectivity index (χ1n) is 7.14. The maximum atomic E-state index is 5.73. The Morgan fingerprint density at radius 2 is 1.75 bits per heavy atom. The van der Waals surface area contributed by atoms with Crippen LogP contribution in [0, 0.1) is 6.92 Å². The van der Waals surface area contributed by atoms with Gasteiger partial charge in [0.15, 0.2) is 0 Å². The Balaban J connectivity index is 2.05. The van der Waals surface area contributed by atoms with Gasteiger partial charge in [-0.15, -0.1) is 0 Å². The molecule has 3 nitrogen and oxygen atoms in total. The van der Waals surface area contributed by atoms with Gasteiger partial charge < -0.3 is 5.73 Å². The minimum absolute atomic E-state index is 0.818. The molecule has 0 saturated carbocycles. The molecule has 0 atom stereocenters. The lowest BCUT2D eigenvalue weighted by atomic mass is 10.1. The fourth-order valence-electron chi connectivity index (χ4n) is 2.37. The van der Waals surface area contributed by atoms with Gasteiger partial charge in [0.05, 0.1) is 0 Å². The number of hydrogen-bond donors (Lipinski definition) is 1. The second-order valence-corrected chi connectivity index (χ2v) is 5.32. The summed E-state index contributed by atoms with van der Waals surface area (Å²) in [6.07, 6.45) is 5.00. The van der Waals surface area contributed by atoms with Crippen molar-refractivity contribution in [1.82, 2.24) is 9.88 Å². The third-order valence-corrected chi connectivity index (χ3v) is 3.26. The summed E-state index contributed by atoms with van der Waals surface area (Å²) in [4.78, 5) is 6.72. The Morgan fingerprint density at radius 3 is 2.40 bits per heavy atom. The Hall–Kier alpha value is -1.87. The average Bonchev–Trinajstić information content (AvgIpc) is 2.42. The molecule has 2 aromatic rings. The zero-order valence-corrected chi connectivity index (χ0v) is 12.3. The minimum Gasteiger partial charge on any atom is -0.399 e. The number of aromatic nitrogens is 1. The molecule has 0 amide bonds. The van der Waals surface area contributed by atoms with Crippen molar-refractivity contribution in [2.24, 2.45) is 0 Å². The van der Waals surface area contributed by atoms with E-state index in [-0.39, 0.29) is 0 Å². The van der Waals surface area contributed by atoms with E-state index in [1.165, 1.54) is 16.7 Å². The third-order valence-electron chi connectivity index (χ3n) is 3.26. The first kappa shape index (κ1) is 14.5. The van der Waals surface area contributed by atoms with Crippen molar-refractivity contribution in [2.75, 3.05) is 12.3 Å². The molecule has 0 aliphatic carbocycles. The van der Waals surface area contributed by atoms with Crippen LogP contribution in [0.4, 0.5) is 5.69 Å². The normalized spacial score (nSPS) is 10.9. The lowest BCUT2D eigenvalue weighted by Crippen LogP contribution is -2.23. The molecule has 2 N–H and O–H groups in total. The predicted octanol–water partition coefficient (Wildman–Crippen LogP) is 3.38. The van der Waals surface area contributed by atoms with Gasteiger partial charge in [0.2, 0.25) is 0 Å². The molecular formula is C17H23N3. The lowest BCUT2D eigenvalue weighted by molar-refractivity contribution is 0.257. The minimum atomic E-state index is 0.818. The molecule has 1 aromatic heterocycles. The smallest absolute Gasteiger partial charge is 0.0314 e. The van der Waals surface area contributed by atoms with Gasteiger partial charge in [-0.1, -0.05) is 25.1 Å². The van der Waals surface area contributed by atoms with Crippen LogP contribution in [0.15, 0.2) is 42.7 Å². The van der Waals surface area contributed by atoms with Crippen molar-refractivity contribution in [2.45, 2.75) is 33.4 Å². The molecule has 0 aliphatic heterocycles. The number of rotatable bonds is 6. The molecular weight excluding hydrogens is 246 g/mol. The Morgan fingerprint density at radius 1 is 1.05 bits per heavy atom. The lowest BCUT2D eigenvalue weighted by Gasteiger charge is -2.22. The summed E-state index contributed by atoms with van der Waals surface area (Å²) in [5.41, 5.74) is 10.3. The molecule has 0 unspecified atom stereocenters. The Bertz CT molecular complexity index is 534. The van der Waals surface area contributed by atoms with E-state index in [2.05, 4.69) is 41.9 Å². The van der Waals surface area contributed by atoms with Crippen molar-refractivity contribution in [3.05, 3.63) is 59.4 Å². The SMILES string of the molecule is CCCN(Cc1ccc(N)cc1)Cc1cncc(C)c1. The zero-order valence-electron chi connectivity index (χ0n) is 12.3. The number of nitrogens with zero attached hydrogens (tertiary/aromatic N) is 2. The summed E-state index contributed by atoms with van der Waals surface area (Å²) >= 11 is 0. The quantitative estimate of drug-likeness (QED) is 0.817. The van der Waals surface area contributed by atoms with Gasteiger partial charge in [-0.2, -0.15) is 0 Å². The van der Waals surface area contributed by atoms with Crippen LogP contribution in [0.1, 0.15) is 30.0 Å². The molecule has 0 bridgehead atoms. The topological polar surface area (TPSA) is 42.1 Å². The largest absolute Gasteiger partial charge is 0.399 e. The zero-order chi connectivity index (χ0) is 14.4. The van der Waals surface area contributed by atoms with E-state index >= 15 is 0 Å². The van der Waals surface area contributed by atoms with Crippen LogP contribution >= 0.6 is 0 Å². The maximum absolute atomic E-state index is 5.73. The maximum Gasteiger partial charge on any atom is 0.0314 e. The van der Waals surface area contributed by atoms with Gasteiger partial charge in [0, 0.05) is 31.2 Å². The van der Waals surface area contributed by atoms with Crippen LogP contribution in [0.25, 0.3) is 0 Å². The summed E-state index contributed by atoms with van der Waals surface area (Å²) < 4.78 is 0. The monoisotopic (exact) mass is 269 g/mol. The molecule has 2 rings (SSSR count). The highest BCUT2D eigenvalue weighted by Gasteiger charge is 2.07. The molecule has 3 heteroatoms. The second kappa shape index (κ2) is 7.06. The highest BCUT2D eigenvalue weighted by Crippen LogP contribution is 2.12. The first-order chi connectivity index (χ1) is 9.67. The number of hydrogen-bond acceptors (Lipinski definition) is 3. The van der Waals surface area contributed by atoms with Crippen molar-refractivity contribution >= 4 is 5.69 Å². The predicted molar refractivity (Wildman–Crippen MR) is 84.2 cm³/mol. The highest BCUT2D eigenvalue weighted by molar-refractivity contribution is 5.39. The van der Waals surface area contributed by atoms with Gasteiger partial charge in [-0.25, -0.2) is 0 Å². The van der Waals surface area contributed by atoms with Crippen LogP contribution in [0.2, 0.25) is 0 Å². The molecule has 106 valence electrons. The number of benzene rings is 1. The van der Waals surface area contributed by atoms with E-state index in [1.807, 2.05) is 24.5 Å². The van der Waals surface area contributed by atoms with E-state index in [1.54, 1.807) is 0 Å². The molecule has 20 heavy (non-hydrogen) atoms. The Kier molecular flexibility index (Phi) is 5.13. The molecule has 0 saturated heterocycles. The molecule has 1 heterocycles. The number of nitrogens with two attached hydrogens (primary N) is 1. The number of anilines is 1. The van der Waals surface area contributed by atoms with Crippen molar-refractivity contribution in [1.29, 1.82) is 0 Å². The fraction of sp³-hybridized carbons (Fsp3) is 0.353. The third kappa shape index (κ3) is 4.35. The molecule has 0 spiro atoms. The summed E-state index contributed by atoms with van der Waals surface area (Å²) in [6.45, 7) is 7.26. The van der Waals surface area contributed by atoms with Gasteiger partial charge in [0.25, 0.3) is 0 Å². The molecule has 1 aromatic carbocycles.